The van der Waals surface area contributed by atoms with Crippen molar-refractivity contribution >= 4 is 17.8 Å². The number of nitrogens with one attached hydrogen (secondary N) is 1. The Morgan fingerprint density at radius 1 is 1.31 bits per heavy atom. The first kappa shape index (κ1) is 19.4. The highest BCUT2D eigenvalue weighted by molar-refractivity contribution is 6.09. The van der Waals surface area contributed by atoms with Gasteiger partial charge in [0.25, 0.3) is 5.91 Å². The van der Waals surface area contributed by atoms with E-state index in [0.717, 1.165) is 10.5 Å². The molecule has 1 atom stereocenters. The fourth-order valence-electron chi connectivity index (χ4n) is 2.84. The summed E-state index contributed by atoms with van der Waals surface area (Å²) >= 11 is 0. The number of carbonyl (C=O) groups excluding carboxylic acids is 3. The highest BCUT2D eigenvalue weighted by Gasteiger charge is 2.49. The minimum Gasteiger partial charge on any atom is -0.343 e. The number of rotatable bonds is 6. The molecule has 0 radical (unpaired) electrons. The Morgan fingerprint density at radius 2 is 1.92 bits per heavy atom. The van der Waals surface area contributed by atoms with Gasteiger partial charge in [0.05, 0.1) is 12.5 Å². The van der Waals surface area contributed by atoms with Gasteiger partial charge >= 0.3 is 6.03 Å². The SMILES string of the molecule is CC(C)c1ccc(C2(C)NC(=O)N(CC(=O)N(C)CCC#N)C2=O)cc1. The molecular weight excluding hydrogens is 332 g/mol. The van der Waals surface area contributed by atoms with Crippen LogP contribution in [0.3, 0.4) is 0 Å². The lowest BCUT2D eigenvalue weighted by molar-refractivity contribution is -0.138. The topological polar surface area (TPSA) is 93.5 Å². The molecule has 1 N–H and O–H groups in total. The minimum atomic E-state index is -1.20. The molecule has 1 aliphatic heterocycles. The molecule has 1 unspecified atom stereocenters. The van der Waals surface area contributed by atoms with E-state index in [-0.39, 0.29) is 25.4 Å². The number of likely N-dealkylation sites (N-methyl/N-ethyl adjacent to an activating group) is 1. The highest BCUT2D eigenvalue weighted by Crippen LogP contribution is 2.29. The standard InChI is InChI=1S/C19H24N4O3/c1-13(2)14-6-8-15(9-7-14)19(3)17(25)23(18(26)21-19)12-16(24)22(4)11-5-10-20/h6-9,13H,5,11-12H2,1-4H3,(H,21,26). The molecule has 7 nitrogen and oxygen atoms in total. The normalized spacial score (nSPS) is 19.5. The number of benzene rings is 1. The van der Waals surface area contributed by atoms with E-state index in [1.54, 1.807) is 14.0 Å². The van der Waals surface area contributed by atoms with Crippen molar-refractivity contribution < 1.29 is 14.4 Å². The van der Waals surface area contributed by atoms with Crippen LogP contribution in [0.1, 0.15) is 44.2 Å². The summed E-state index contributed by atoms with van der Waals surface area (Å²) in [7, 11) is 1.54. The van der Waals surface area contributed by atoms with Crippen molar-refractivity contribution in [2.45, 2.75) is 38.6 Å². The molecule has 1 fully saturated rings. The Hall–Kier alpha value is -2.88. The third-order valence-corrected chi connectivity index (χ3v) is 4.71. The van der Waals surface area contributed by atoms with Crippen molar-refractivity contribution in [2.24, 2.45) is 0 Å². The molecule has 0 aliphatic carbocycles. The van der Waals surface area contributed by atoms with Crippen molar-refractivity contribution in [3.63, 3.8) is 0 Å². The molecule has 1 aromatic rings. The summed E-state index contributed by atoms with van der Waals surface area (Å²) in [6.45, 7) is 5.71. The van der Waals surface area contributed by atoms with Gasteiger partial charge in [0.15, 0.2) is 0 Å². The van der Waals surface area contributed by atoms with Crippen LogP contribution in [0.15, 0.2) is 24.3 Å². The van der Waals surface area contributed by atoms with Gasteiger partial charge in [-0.25, -0.2) is 4.79 Å². The molecule has 1 aromatic carbocycles. The Morgan fingerprint density at radius 3 is 2.46 bits per heavy atom. The van der Waals surface area contributed by atoms with Gasteiger partial charge in [-0.05, 0) is 24.0 Å². The van der Waals surface area contributed by atoms with E-state index in [1.807, 2.05) is 30.3 Å². The van der Waals surface area contributed by atoms with Crippen LogP contribution < -0.4 is 5.32 Å². The Labute approximate surface area is 153 Å². The molecule has 0 spiro atoms. The summed E-state index contributed by atoms with van der Waals surface area (Å²) in [4.78, 5) is 39.6. The number of nitriles is 1. The number of amides is 4. The molecule has 138 valence electrons. The van der Waals surface area contributed by atoms with E-state index >= 15 is 0 Å². The van der Waals surface area contributed by atoms with Gasteiger partial charge in [-0.3, -0.25) is 14.5 Å². The molecule has 0 bridgehead atoms. The fourth-order valence-corrected chi connectivity index (χ4v) is 2.84. The van der Waals surface area contributed by atoms with Crippen LogP contribution >= 0.6 is 0 Å². The lowest BCUT2D eigenvalue weighted by atomic mass is 9.90. The van der Waals surface area contributed by atoms with Crippen LogP contribution in [0.25, 0.3) is 0 Å². The second-order valence-corrected chi connectivity index (χ2v) is 6.95. The van der Waals surface area contributed by atoms with Gasteiger partial charge in [0.2, 0.25) is 5.91 Å². The zero-order chi connectivity index (χ0) is 19.5. The number of hydrogen-bond acceptors (Lipinski definition) is 4. The molecule has 7 heteroatoms. The molecule has 2 rings (SSSR count). The zero-order valence-corrected chi connectivity index (χ0v) is 15.6. The maximum Gasteiger partial charge on any atom is 0.325 e. The summed E-state index contributed by atoms with van der Waals surface area (Å²) in [5.41, 5.74) is 0.617. The summed E-state index contributed by atoms with van der Waals surface area (Å²) in [6, 6.07) is 8.91. The smallest absolute Gasteiger partial charge is 0.325 e. The van der Waals surface area contributed by atoms with Gasteiger partial charge in [0, 0.05) is 13.6 Å². The Kier molecular flexibility index (Phi) is 5.66. The average Bonchev–Trinajstić information content (AvgIpc) is 2.83. The Bertz CT molecular complexity index is 751. The van der Waals surface area contributed by atoms with Crippen LogP contribution in [0.2, 0.25) is 0 Å². The molecule has 0 saturated carbocycles. The van der Waals surface area contributed by atoms with E-state index < -0.39 is 17.5 Å². The summed E-state index contributed by atoms with van der Waals surface area (Å²) in [6.07, 6.45) is 0.197. The maximum atomic E-state index is 12.8. The zero-order valence-electron chi connectivity index (χ0n) is 15.6. The van der Waals surface area contributed by atoms with E-state index in [0.29, 0.717) is 11.5 Å². The van der Waals surface area contributed by atoms with Crippen molar-refractivity contribution in [3.05, 3.63) is 35.4 Å². The van der Waals surface area contributed by atoms with Gasteiger partial charge in [-0.2, -0.15) is 5.26 Å². The lowest BCUT2D eigenvalue weighted by Gasteiger charge is -2.23. The third-order valence-electron chi connectivity index (χ3n) is 4.71. The summed E-state index contributed by atoms with van der Waals surface area (Å²) in [5, 5.41) is 11.3. The average molecular weight is 356 g/mol. The van der Waals surface area contributed by atoms with E-state index in [9.17, 15) is 14.4 Å². The second-order valence-electron chi connectivity index (χ2n) is 6.95. The van der Waals surface area contributed by atoms with Gasteiger partial charge in [-0.15, -0.1) is 0 Å². The maximum absolute atomic E-state index is 12.8. The fraction of sp³-hybridized carbons (Fsp3) is 0.474. The Balaban J connectivity index is 2.16. The molecule has 0 aromatic heterocycles. The molecule has 26 heavy (non-hydrogen) atoms. The number of hydrogen-bond donors (Lipinski definition) is 1. The second kappa shape index (κ2) is 7.56. The van der Waals surface area contributed by atoms with Crippen LogP contribution in [0.4, 0.5) is 4.79 Å². The van der Waals surface area contributed by atoms with Crippen LogP contribution in [0.5, 0.6) is 0 Å². The largest absolute Gasteiger partial charge is 0.343 e. The molecule has 1 aliphatic rings. The summed E-state index contributed by atoms with van der Waals surface area (Å²) in [5.74, 6) is -0.478. The first-order chi connectivity index (χ1) is 12.2. The molecular formula is C19H24N4O3. The van der Waals surface area contributed by atoms with Crippen molar-refractivity contribution in [1.82, 2.24) is 15.1 Å². The predicted octanol–water partition coefficient (Wildman–Crippen LogP) is 1.95. The van der Waals surface area contributed by atoms with Crippen molar-refractivity contribution in [3.8, 4) is 6.07 Å². The molecule has 1 heterocycles. The number of imide groups is 1. The van der Waals surface area contributed by atoms with Gasteiger partial charge < -0.3 is 10.2 Å². The van der Waals surface area contributed by atoms with Gasteiger partial charge in [-0.1, -0.05) is 38.1 Å². The number of nitrogens with zero attached hydrogens (tertiary/aromatic N) is 3. The monoisotopic (exact) mass is 356 g/mol. The van der Waals surface area contributed by atoms with Crippen LogP contribution in [-0.4, -0.2) is 47.8 Å². The highest BCUT2D eigenvalue weighted by atomic mass is 16.2. The quantitative estimate of drug-likeness (QED) is 0.788. The van der Waals surface area contributed by atoms with E-state index in [4.69, 9.17) is 5.26 Å². The molecule has 4 amide bonds. The lowest BCUT2D eigenvalue weighted by Crippen LogP contribution is -2.43. The van der Waals surface area contributed by atoms with E-state index in [2.05, 4.69) is 19.2 Å². The predicted molar refractivity (Wildman–Crippen MR) is 96.0 cm³/mol. The minimum absolute atomic E-state index is 0.197. The first-order valence-electron chi connectivity index (χ1n) is 8.56. The summed E-state index contributed by atoms with van der Waals surface area (Å²) < 4.78 is 0. The van der Waals surface area contributed by atoms with Crippen LogP contribution in [-0.2, 0) is 15.1 Å². The van der Waals surface area contributed by atoms with E-state index in [1.165, 1.54) is 4.90 Å². The van der Waals surface area contributed by atoms with Crippen molar-refractivity contribution in [1.29, 1.82) is 5.26 Å². The number of carbonyl (C=O) groups is 3. The number of urea groups is 1. The first-order valence-corrected chi connectivity index (χ1v) is 8.56. The van der Waals surface area contributed by atoms with Gasteiger partial charge in [0.1, 0.15) is 12.1 Å². The molecule has 1 saturated heterocycles. The van der Waals surface area contributed by atoms with Crippen LogP contribution in [0, 0.1) is 11.3 Å². The third kappa shape index (κ3) is 3.69. The van der Waals surface area contributed by atoms with Crippen molar-refractivity contribution in [2.75, 3.05) is 20.1 Å².